The van der Waals surface area contributed by atoms with E-state index in [0.717, 1.165) is 19.2 Å². The molecule has 8 N–H and O–H groups in total. The number of carbonyl (C=O) groups is 3. The Hall–Kier alpha value is -3.75. The van der Waals surface area contributed by atoms with Gasteiger partial charge < -0.3 is 50.6 Å². The fourth-order valence-electron chi connectivity index (χ4n) is 6.20. The lowest BCUT2D eigenvalue weighted by atomic mass is 9.66. The molecule has 2 aromatic rings. The molecule has 13 heteroatoms. The van der Waals surface area contributed by atoms with Gasteiger partial charge in [0, 0.05) is 30.0 Å². The van der Waals surface area contributed by atoms with Crippen molar-refractivity contribution in [2.24, 2.45) is 5.73 Å². The van der Waals surface area contributed by atoms with E-state index in [1.54, 1.807) is 13.8 Å². The van der Waals surface area contributed by atoms with Crippen LogP contribution in [0.4, 0.5) is 0 Å². The molecule has 13 nitrogen and oxygen atoms in total. The van der Waals surface area contributed by atoms with Crippen LogP contribution in [-0.4, -0.2) is 85.4 Å². The second kappa shape index (κ2) is 9.96. The van der Waals surface area contributed by atoms with Crippen molar-refractivity contribution in [3.8, 4) is 23.0 Å². The second-order valence-electron chi connectivity index (χ2n) is 10.7. The Morgan fingerprint density at radius 2 is 1.56 bits per heavy atom. The Balaban J connectivity index is 1.77. The molecular weight excluding hydrogens is 542 g/mol. The number of aromatic hydroxyl groups is 4. The van der Waals surface area contributed by atoms with Gasteiger partial charge in [0.25, 0.3) is 0 Å². The van der Waals surface area contributed by atoms with E-state index in [-0.39, 0.29) is 24.8 Å². The van der Waals surface area contributed by atoms with E-state index >= 15 is 0 Å². The van der Waals surface area contributed by atoms with Gasteiger partial charge in [0.2, 0.25) is 11.6 Å². The Kier molecular flexibility index (Phi) is 6.99. The zero-order valence-electron chi connectivity index (χ0n) is 22.5. The quantitative estimate of drug-likeness (QED) is 0.171. The van der Waals surface area contributed by atoms with E-state index in [4.69, 9.17) is 19.9 Å². The predicted molar refractivity (Wildman–Crippen MR) is 138 cm³/mol. The molecule has 0 spiro atoms. The molecule has 0 amide bonds. The summed E-state index contributed by atoms with van der Waals surface area (Å²) in [6, 6.07) is 1.25. The Morgan fingerprint density at radius 1 is 1.02 bits per heavy atom. The van der Waals surface area contributed by atoms with Crippen LogP contribution >= 0.6 is 0 Å². The number of hydrogen-bond donors (Lipinski definition) is 7. The van der Waals surface area contributed by atoms with Crippen LogP contribution in [0, 0.1) is 0 Å². The molecule has 0 radical (unpaired) electrons. The molecule has 7 atom stereocenters. The third-order valence-corrected chi connectivity index (χ3v) is 8.40. The van der Waals surface area contributed by atoms with E-state index < -0.39 is 111 Å². The minimum absolute atomic E-state index is 0.0119. The molecule has 1 aliphatic heterocycles. The standard InChI is InChI=1S/C28H31NO12/c1-4-28(38)8-13(41-14-7-10(29)22(32)9(2)40-14)17-18(21(28)27(37)39-3)26(36)20-19(25(17)35)23(33)15-11(30)5-6-12(31)16(15)24(20)34/h5-6,9-10,13-14,21-22,30-32,35-36,38H,4,7-8,29H2,1-3H3/t9-,10-,13-,14-,21-,22-,28+/m0/s1. The van der Waals surface area contributed by atoms with Crippen LogP contribution in [0.25, 0.3) is 0 Å². The molecule has 1 heterocycles. The first-order chi connectivity index (χ1) is 19.3. The summed E-state index contributed by atoms with van der Waals surface area (Å²) in [5.41, 5.74) is 0.864. The highest BCUT2D eigenvalue weighted by atomic mass is 16.7. The van der Waals surface area contributed by atoms with Crippen molar-refractivity contribution in [1.82, 2.24) is 0 Å². The predicted octanol–water partition coefficient (Wildman–Crippen LogP) is 0.967. The average molecular weight is 574 g/mol. The maximum absolute atomic E-state index is 13.6. The number of aliphatic hydroxyl groups excluding tert-OH is 1. The molecule has 2 aliphatic carbocycles. The van der Waals surface area contributed by atoms with Gasteiger partial charge in [-0.1, -0.05) is 6.92 Å². The van der Waals surface area contributed by atoms with Gasteiger partial charge in [0.1, 0.15) is 28.9 Å². The molecule has 5 rings (SSSR count). The Morgan fingerprint density at radius 3 is 2.05 bits per heavy atom. The van der Waals surface area contributed by atoms with Gasteiger partial charge in [-0.2, -0.15) is 0 Å². The van der Waals surface area contributed by atoms with Gasteiger partial charge in [-0.05, 0) is 25.5 Å². The van der Waals surface area contributed by atoms with Crippen molar-refractivity contribution >= 4 is 17.5 Å². The van der Waals surface area contributed by atoms with E-state index in [0.29, 0.717) is 0 Å². The highest BCUT2D eigenvalue weighted by Gasteiger charge is 2.55. The minimum Gasteiger partial charge on any atom is -0.507 e. The van der Waals surface area contributed by atoms with E-state index in [2.05, 4.69) is 0 Å². The van der Waals surface area contributed by atoms with Crippen molar-refractivity contribution in [3.05, 3.63) is 45.5 Å². The third-order valence-electron chi connectivity index (χ3n) is 8.40. The molecule has 220 valence electrons. The first kappa shape index (κ1) is 28.8. The van der Waals surface area contributed by atoms with Crippen LogP contribution in [0.1, 0.15) is 88.1 Å². The van der Waals surface area contributed by atoms with Crippen LogP contribution in [0.15, 0.2) is 12.1 Å². The van der Waals surface area contributed by atoms with Crippen LogP contribution in [0.2, 0.25) is 0 Å². The summed E-state index contributed by atoms with van der Waals surface area (Å²) in [6.45, 7) is 3.15. The summed E-state index contributed by atoms with van der Waals surface area (Å²) in [6.07, 6.45) is -4.48. The van der Waals surface area contributed by atoms with E-state index in [1.807, 2.05) is 0 Å². The molecule has 0 saturated carbocycles. The number of methoxy groups -OCH3 is 1. The normalized spacial score (nSPS) is 30.8. The number of hydrogen-bond acceptors (Lipinski definition) is 13. The number of fused-ring (bicyclic) bond motifs is 3. The molecule has 1 fully saturated rings. The van der Waals surface area contributed by atoms with Crippen LogP contribution in [0.5, 0.6) is 23.0 Å². The van der Waals surface area contributed by atoms with E-state index in [1.165, 1.54) is 0 Å². The van der Waals surface area contributed by atoms with Crippen molar-refractivity contribution in [2.75, 3.05) is 7.11 Å². The summed E-state index contributed by atoms with van der Waals surface area (Å²) in [5, 5.41) is 65.8. The number of benzene rings is 2. The Bertz CT molecular complexity index is 1460. The van der Waals surface area contributed by atoms with Gasteiger partial charge in [0.05, 0.1) is 53.3 Å². The fraction of sp³-hybridized carbons (Fsp3) is 0.464. The van der Waals surface area contributed by atoms with Crippen molar-refractivity contribution < 1.29 is 59.2 Å². The number of rotatable bonds is 4. The largest absolute Gasteiger partial charge is 0.507 e. The van der Waals surface area contributed by atoms with Gasteiger partial charge >= 0.3 is 5.97 Å². The summed E-state index contributed by atoms with van der Waals surface area (Å²) in [5.74, 6) is -7.82. The number of phenols is 4. The number of phenolic OH excluding ortho intramolecular Hbond substituents is 4. The van der Waals surface area contributed by atoms with Crippen molar-refractivity contribution in [2.45, 2.75) is 75.3 Å². The Labute approximate surface area is 233 Å². The smallest absolute Gasteiger partial charge is 0.316 e. The first-order valence-electron chi connectivity index (χ1n) is 13.1. The molecule has 0 bridgehead atoms. The first-order valence-corrected chi connectivity index (χ1v) is 13.1. The number of aliphatic hydroxyl groups is 2. The maximum atomic E-state index is 13.6. The van der Waals surface area contributed by atoms with Gasteiger partial charge in [-0.15, -0.1) is 0 Å². The number of esters is 1. The topological polar surface area (TPSA) is 226 Å². The SMILES string of the molecule is CC[C@@]1(O)C[C@H](O[C@H]2C[C@H](N)[C@@H](O)[C@H](C)O2)c2c(O)c3c(c(O)c2[C@H]1C(=O)OC)C(=O)c1c(O)ccc(O)c1C3=O. The number of ketones is 2. The third kappa shape index (κ3) is 4.15. The van der Waals surface area contributed by atoms with Crippen molar-refractivity contribution in [3.63, 3.8) is 0 Å². The summed E-state index contributed by atoms with van der Waals surface area (Å²) >= 11 is 0. The van der Waals surface area contributed by atoms with Gasteiger partial charge in [-0.3, -0.25) is 14.4 Å². The van der Waals surface area contributed by atoms with Crippen LogP contribution in [-0.2, 0) is 19.0 Å². The summed E-state index contributed by atoms with van der Waals surface area (Å²) < 4.78 is 16.8. The average Bonchev–Trinajstić information content (AvgIpc) is 2.92. The molecule has 2 aromatic carbocycles. The van der Waals surface area contributed by atoms with Gasteiger partial charge in [-0.25, -0.2) is 0 Å². The highest BCUT2D eigenvalue weighted by molar-refractivity contribution is 6.32. The minimum atomic E-state index is -1.93. The summed E-state index contributed by atoms with van der Waals surface area (Å²) in [7, 11) is 1.06. The molecular formula is C28H31NO12. The zero-order chi connectivity index (χ0) is 30.1. The van der Waals surface area contributed by atoms with Crippen molar-refractivity contribution in [1.29, 1.82) is 0 Å². The lowest BCUT2D eigenvalue weighted by molar-refractivity contribution is -0.249. The van der Waals surface area contributed by atoms with Crippen LogP contribution in [0.3, 0.4) is 0 Å². The monoisotopic (exact) mass is 573 g/mol. The number of nitrogens with two attached hydrogens (primary N) is 1. The highest BCUT2D eigenvalue weighted by Crippen LogP contribution is 2.57. The second-order valence-corrected chi connectivity index (χ2v) is 10.7. The van der Waals surface area contributed by atoms with Gasteiger partial charge in [0.15, 0.2) is 6.29 Å². The van der Waals surface area contributed by atoms with E-state index in [9.17, 15) is 45.0 Å². The molecule has 41 heavy (non-hydrogen) atoms. The molecule has 0 aromatic heterocycles. The number of ether oxygens (including phenoxy) is 3. The fourth-order valence-corrected chi connectivity index (χ4v) is 6.20. The number of carbonyl (C=O) groups excluding carboxylic acids is 3. The molecule has 1 saturated heterocycles. The summed E-state index contributed by atoms with van der Waals surface area (Å²) in [4.78, 5) is 40.3. The molecule has 0 unspecified atom stereocenters. The zero-order valence-corrected chi connectivity index (χ0v) is 22.5. The van der Waals surface area contributed by atoms with Crippen LogP contribution < -0.4 is 5.73 Å². The maximum Gasteiger partial charge on any atom is 0.316 e. The lowest BCUT2D eigenvalue weighted by Gasteiger charge is -2.45. The lowest BCUT2D eigenvalue weighted by Crippen LogP contribution is -2.52. The molecule has 3 aliphatic rings.